The Bertz CT molecular complexity index is 1090. The predicted octanol–water partition coefficient (Wildman–Crippen LogP) is 4.89. The van der Waals surface area contributed by atoms with Gasteiger partial charge in [0.25, 0.3) is 5.91 Å². The van der Waals surface area contributed by atoms with Crippen molar-refractivity contribution in [3.05, 3.63) is 88.8 Å². The molecule has 0 fully saturated rings. The minimum Gasteiger partial charge on any atom is -0.484 e. The Morgan fingerprint density at radius 1 is 1.17 bits per heavy atom. The van der Waals surface area contributed by atoms with Crippen LogP contribution >= 0.6 is 11.6 Å². The third kappa shape index (κ3) is 4.28. The Morgan fingerprint density at radius 3 is 2.67 bits per heavy atom. The number of Topliss-reactive ketones (excluding diaryl/α,β-unsaturated/α-hetero) is 1. The first-order valence-electron chi connectivity index (χ1n) is 9.44. The van der Waals surface area contributed by atoms with E-state index in [0.717, 1.165) is 11.3 Å². The van der Waals surface area contributed by atoms with Crippen LogP contribution in [-0.2, 0) is 4.79 Å². The average molecular weight is 423 g/mol. The number of halogens is 1. The Morgan fingerprint density at radius 2 is 1.97 bits per heavy atom. The molecule has 1 aromatic heterocycles. The molecular weight excluding hydrogens is 404 g/mol. The van der Waals surface area contributed by atoms with Crippen LogP contribution in [0.2, 0.25) is 5.02 Å². The molecule has 2 heterocycles. The van der Waals surface area contributed by atoms with E-state index in [0.29, 0.717) is 28.5 Å². The summed E-state index contributed by atoms with van der Waals surface area (Å²) >= 11 is 5.98. The van der Waals surface area contributed by atoms with E-state index in [-0.39, 0.29) is 24.3 Å². The standard InChI is InChI=1S/C23H19ClN2O4/c1-15(27)17-4-2-5-19(12-17)30-14-23(28)26-21(22-6-3-11-29-22)13-20(25-26)16-7-9-18(24)10-8-16/h2-12,21H,13-14H2,1H3. The van der Waals surface area contributed by atoms with Gasteiger partial charge in [-0.3, -0.25) is 9.59 Å². The quantitative estimate of drug-likeness (QED) is 0.530. The van der Waals surface area contributed by atoms with E-state index in [1.54, 1.807) is 48.7 Å². The molecule has 1 amide bonds. The van der Waals surface area contributed by atoms with E-state index < -0.39 is 0 Å². The fourth-order valence-electron chi connectivity index (χ4n) is 3.28. The molecule has 30 heavy (non-hydrogen) atoms. The molecule has 0 spiro atoms. The van der Waals surface area contributed by atoms with E-state index in [2.05, 4.69) is 5.10 Å². The van der Waals surface area contributed by atoms with Gasteiger partial charge in [0.1, 0.15) is 17.6 Å². The number of rotatable bonds is 6. The van der Waals surface area contributed by atoms with Gasteiger partial charge in [-0.15, -0.1) is 0 Å². The second-order valence-electron chi connectivity index (χ2n) is 6.90. The fourth-order valence-corrected chi connectivity index (χ4v) is 3.40. The number of carbonyl (C=O) groups excluding carboxylic acids is 2. The lowest BCUT2D eigenvalue weighted by atomic mass is 10.0. The van der Waals surface area contributed by atoms with Crippen molar-refractivity contribution in [2.24, 2.45) is 5.10 Å². The van der Waals surface area contributed by atoms with Crippen molar-refractivity contribution in [1.29, 1.82) is 0 Å². The second-order valence-corrected chi connectivity index (χ2v) is 7.34. The maximum Gasteiger partial charge on any atom is 0.281 e. The summed E-state index contributed by atoms with van der Waals surface area (Å²) in [5, 5.41) is 6.58. The highest BCUT2D eigenvalue weighted by Crippen LogP contribution is 2.33. The van der Waals surface area contributed by atoms with Gasteiger partial charge < -0.3 is 9.15 Å². The molecule has 0 saturated carbocycles. The van der Waals surface area contributed by atoms with Crippen LogP contribution in [0, 0.1) is 0 Å². The van der Waals surface area contributed by atoms with E-state index in [1.165, 1.54) is 11.9 Å². The third-order valence-corrected chi connectivity index (χ3v) is 5.07. The molecular formula is C23H19ClN2O4. The molecule has 2 aromatic carbocycles. The number of nitrogens with zero attached hydrogens (tertiary/aromatic N) is 2. The van der Waals surface area contributed by atoms with Gasteiger partial charge >= 0.3 is 0 Å². The highest BCUT2D eigenvalue weighted by molar-refractivity contribution is 6.30. The van der Waals surface area contributed by atoms with Crippen molar-refractivity contribution in [3.63, 3.8) is 0 Å². The molecule has 4 rings (SSSR count). The number of benzene rings is 2. The number of ketones is 1. The third-order valence-electron chi connectivity index (χ3n) is 4.82. The van der Waals surface area contributed by atoms with Gasteiger partial charge in [0, 0.05) is 17.0 Å². The van der Waals surface area contributed by atoms with Gasteiger partial charge in [0.2, 0.25) is 0 Å². The second kappa shape index (κ2) is 8.55. The topological polar surface area (TPSA) is 72.1 Å². The van der Waals surface area contributed by atoms with Crippen LogP contribution in [0.5, 0.6) is 5.75 Å². The summed E-state index contributed by atoms with van der Waals surface area (Å²) in [5.74, 6) is 0.719. The number of hydrogen-bond donors (Lipinski definition) is 0. The van der Waals surface area contributed by atoms with Crippen LogP contribution in [0.25, 0.3) is 0 Å². The van der Waals surface area contributed by atoms with Crippen molar-refractivity contribution in [3.8, 4) is 5.75 Å². The summed E-state index contributed by atoms with van der Waals surface area (Å²) < 4.78 is 11.2. The highest BCUT2D eigenvalue weighted by atomic mass is 35.5. The maximum absolute atomic E-state index is 12.9. The minimum absolute atomic E-state index is 0.0681. The van der Waals surface area contributed by atoms with Crippen molar-refractivity contribution in [2.45, 2.75) is 19.4 Å². The monoisotopic (exact) mass is 422 g/mol. The van der Waals surface area contributed by atoms with Gasteiger partial charge in [0.15, 0.2) is 12.4 Å². The predicted molar refractivity (Wildman–Crippen MR) is 113 cm³/mol. The summed E-state index contributed by atoms with van der Waals surface area (Å²) in [4.78, 5) is 24.5. The van der Waals surface area contributed by atoms with Crippen molar-refractivity contribution in [2.75, 3.05) is 6.61 Å². The highest BCUT2D eigenvalue weighted by Gasteiger charge is 2.35. The first-order chi connectivity index (χ1) is 14.5. The van der Waals surface area contributed by atoms with Crippen LogP contribution in [0.3, 0.4) is 0 Å². The van der Waals surface area contributed by atoms with Crippen LogP contribution in [0.1, 0.15) is 41.1 Å². The van der Waals surface area contributed by atoms with Crippen molar-refractivity contribution >= 4 is 29.0 Å². The van der Waals surface area contributed by atoms with E-state index in [4.69, 9.17) is 20.8 Å². The molecule has 0 bridgehead atoms. The summed E-state index contributed by atoms with van der Waals surface area (Å²) in [6, 6.07) is 17.3. The zero-order valence-corrected chi connectivity index (χ0v) is 17.0. The Kier molecular flexibility index (Phi) is 5.68. The summed E-state index contributed by atoms with van der Waals surface area (Å²) in [6.07, 6.45) is 2.09. The Labute approximate surface area is 178 Å². The number of hydrogen-bond acceptors (Lipinski definition) is 5. The van der Waals surface area contributed by atoms with Gasteiger partial charge in [-0.1, -0.05) is 35.9 Å². The summed E-state index contributed by atoms with van der Waals surface area (Å²) in [6.45, 7) is 1.27. The zero-order valence-electron chi connectivity index (χ0n) is 16.2. The van der Waals surface area contributed by atoms with Crippen molar-refractivity contribution < 1.29 is 18.7 Å². The van der Waals surface area contributed by atoms with Gasteiger partial charge in [-0.05, 0) is 48.9 Å². The summed E-state index contributed by atoms with van der Waals surface area (Å²) in [7, 11) is 0. The van der Waals surface area contributed by atoms with E-state index in [1.807, 2.05) is 18.2 Å². The molecule has 1 atom stereocenters. The zero-order chi connectivity index (χ0) is 21.1. The van der Waals surface area contributed by atoms with Crippen LogP contribution in [-0.4, -0.2) is 29.0 Å². The molecule has 6 nitrogen and oxygen atoms in total. The first-order valence-corrected chi connectivity index (χ1v) is 9.82. The molecule has 0 saturated heterocycles. The Balaban J connectivity index is 1.54. The molecule has 0 aliphatic carbocycles. The lowest BCUT2D eigenvalue weighted by molar-refractivity contribution is -0.135. The van der Waals surface area contributed by atoms with Crippen LogP contribution in [0.4, 0.5) is 0 Å². The maximum atomic E-state index is 12.9. The molecule has 1 aliphatic rings. The van der Waals surface area contributed by atoms with Crippen LogP contribution < -0.4 is 4.74 Å². The molecule has 3 aromatic rings. The van der Waals surface area contributed by atoms with E-state index in [9.17, 15) is 9.59 Å². The van der Waals surface area contributed by atoms with Crippen LogP contribution in [0.15, 0.2) is 76.4 Å². The average Bonchev–Trinajstić information content (AvgIpc) is 3.42. The van der Waals surface area contributed by atoms with Gasteiger partial charge in [-0.2, -0.15) is 5.10 Å². The minimum atomic E-state index is -0.356. The van der Waals surface area contributed by atoms with Gasteiger partial charge in [-0.25, -0.2) is 5.01 Å². The lowest BCUT2D eigenvalue weighted by Crippen LogP contribution is -2.31. The van der Waals surface area contributed by atoms with Crippen molar-refractivity contribution in [1.82, 2.24) is 5.01 Å². The number of carbonyl (C=O) groups is 2. The molecule has 1 aliphatic heterocycles. The largest absolute Gasteiger partial charge is 0.484 e. The molecule has 0 N–H and O–H groups in total. The van der Waals surface area contributed by atoms with E-state index >= 15 is 0 Å². The number of hydrazone groups is 1. The molecule has 7 heteroatoms. The Hall–Kier alpha value is -3.38. The normalized spacial score (nSPS) is 15.7. The first kappa shape index (κ1) is 19.9. The molecule has 152 valence electrons. The fraction of sp³-hybridized carbons (Fsp3) is 0.174. The number of furan rings is 1. The number of ether oxygens (including phenoxy) is 1. The van der Waals surface area contributed by atoms with Gasteiger partial charge in [0.05, 0.1) is 12.0 Å². The molecule has 1 unspecified atom stereocenters. The lowest BCUT2D eigenvalue weighted by Gasteiger charge is -2.20. The smallest absolute Gasteiger partial charge is 0.281 e. The number of amides is 1. The molecule has 0 radical (unpaired) electrons. The SMILES string of the molecule is CC(=O)c1cccc(OCC(=O)N2N=C(c3ccc(Cl)cc3)CC2c2ccco2)c1. The summed E-state index contributed by atoms with van der Waals surface area (Å²) in [5.41, 5.74) is 2.18.